The van der Waals surface area contributed by atoms with E-state index >= 15 is 0 Å². The molecule has 1 aliphatic rings. The molecule has 0 aliphatic carbocycles. The standard InChI is InChI=1S/C34H24N2O3/c35-22-23-6-8-27(9-7-23)33(28-16-19-36-20-17-28)39-31-15-14-29-30(37)18-21-38-34(29)32(31)26-12-10-25(11-13-26)24-4-2-1-3-5-24/h1-17,19-20,33H,18,21H2/t33-/m1/s1. The SMILES string of the molecule is N#Cc1ccc([C@@H](Oc2ccc3c(c2-c2ccc(-c4ccccc4)cc2)OCCC3=O)c2ccncc2)cc1. The Morgan fingerprint density at radius 3 is 2.15 bits per heavy atom. The number of pyridine rings is 1. The van der Waals surface area contributed by atoms with Crippen molar-refractivity contribution >= 4 is 5.78 Å². The van der Waals surface area contributed by atoms with E-state index in [0.29, 0.717) is 35.7 Å². The van der Waals surface area contributed by atoms with Crippen LogP contribution in [0, 0.1) is 11.3 Å². The van der Waals surface area contributed by atoms with Crippen molar-refractivity contribution < 1.29 is 14.3 Å². The van der Waals surface area contributed by atoms with Crippen molar-refractivity contribution in [3.05, 3.63) is 138 Å². The zero-order chi connectivity index (χ0) is 26.6. The Hall–Kier alpha value is -5.21. The second-order valence-corrected chi connectivity index (χ2v) is 9.29. The van der Waals surface area contributed by atoms with Crippen LogP contribution in [0.3, 0.4) is 0 Å². The Labute approximate surface area is 226 Å². The first-order valence-electron chi connectivity index (χ1n) is 12.8. The molecule has 0 saturated heterocycles. The van der Waals surface area contributed by atoms with Gasteiger partial charge in [0.1, 0.15) is 17.6 Å². The molecule has 5 aromatic rings. The molecule has 0 saturated carbocycles. The van der Waals surface area contributed by atoms with E-state index in [1.165, 1.54) is 0 Å². The molecule has 0 fully saturated rings. The largest absolute Gasteiger partial charge is 0.492 e. The van der Waals surface area contributed by atoms with E-state index in [-0.39, 0.29) is 5.78 Å². The minimum Gasteiger partial charge on any atom is -0.492 e. The van der Waals surface area contributed by atoms with E-state index in [0.717, 1.165) is 33.4 Å². The molecular weight excluding hydrogens is 484 g/mol. The molecule has 5 nitrogen and oxygen atoms in total. The van der Waals surface area contributed by atoms with E-state index in [9.17, 15) is 10.1 Å². The molecule has 39 heavy (non-hydrogen) atoms. The lowest BCUT2D eigenvalue weighted by atomic mass is 9.94. The number of aromatic nitrogens is 1. The number of ether oxygens (including phenoxy) is 2. The average Bonchev–Trinajstić information content (AvgIpc) is 3.01. The number of benzene rings is 4. The highest BCUT2D eigenvalue weighted by atomic mass is 16.5. The Morgan fingerprint density at radius 2 is 1.44 bits per heavy atom. The van der Waals surface area contributed by atoms with Gasteiger partial charge in [-0.05, 0) is 64.2 Å². The van der Waals surface area contributed by atoms with Gasteiger partial charge in [-0.1, -0.05) is 66.7 Å². The number of rotatable bonds is 6. The van der Waals surface area contributed by atoms with Crippen LogP contribution in [0.5, 0.6) is 11.5 Å². The lowest BCUT2D eigenvalue weighted by molar-refractivity contribution is 0.0933. The van der Waals surface area contributed by atoms with Gasteiger partial charge in [0, 0.05) is 18.8 Å². The zero-order valence-electron chi connectivity index (χ0n) is 21.1. The Kier molecular flexibility index (Phi) is 6.59. The van der Waals surface area contributed by atoms with Crippen LogP contribution in [-0.4, -0.2) is 17.4 Å². The summed E-state index contributed by atoms with van der Waals surface area (Å²) in [5.74, 6) is 1.20. The molecule has 0 bridgehead atoms. The van der Waals surface area contributed by atoms with Crippen LogP contribution in [0.15, 0.2) is 116 Å². The van der Waals surface area contributed by atoms with Gasteiger partial charge in [-0.25, -0.2) is 0 Å². The molecule has 2 heterocycles. The van der Waals surface area contributed by atoms with Gasteiger partial charge in [0.15, 0.2) is 5.78 Å². The first kappa shape index (κ1) is 24.1. The third-order valence-electron chi connectivity index (χ3n) is 6.87. The van der Waals surface area contributed by atoms with Gasteiger partial charge in [0.25, 0.3) is 0 Å². The number of Topliss-reactive ketones (excluding diaryl/α,β-unsaturated/α-hetero) is 1. The monoisotopic (exact) mass is 508 g/mol. The lowest BCUT2D eigenvalue weighted by Crippen LogP contribution is -2.17. The van der Waals surface area contributed by atoms with Crippen molar-refractivity contribution in [1.82, 2.24) is 4.98 Å². The summed E-state index contributed by atoms with van der Waals surface area (Å²) < 4.78 is 12.9. The van der Waals surface area contributed by atoms with Crippen LogP contribution >= 0.6 is 0 Å². The molecule has 4 aromatic carbocycles. The number of nitriles is 1. The second-order valence-electron chi connectivity index (χ2n) is 9.29. The zero-order valence-corrected chi connectivity index (χ0v) is 21.1. The van der Waals surface area contributed by atoms with E-state index in [1.807, 2.05) is 60.7 Å². The van der Waals surface area contributed by atoms with Crippen LogP contribution in [0.4, 0.5) is 0 Å². The summed E-state index contributed by atoms with van der Waals surface area (Å²) in [6.45, 7) is 0.327. The molecule has 0 amide bonds. The van der Waals surface area contributed by atoms with Gasteiger partial charge < -0.3 is 9.47 Å². The number of ketones is 1. The molecule has 5 heteroatoms. The summed E-state index contributed by atoms with van der Waals surface area (Å²) in [5, 5.41) is 9.28. The van der Waals surface area contributed by atoms with E-state index in [4.69, 9.17) is 9.47 Å². The molecule has 0 spiro atoms. The number of nitrogens with zero attached hydrogens (tertiary/aromatic N) is 2. The van der Waals surface area contributed by atoms with Crippen molar-refractivity contribution in [2.45, 2.75) is 12.5 Å². The topological polar surface area (TPSA) is 72.2 Å². The van der Waals surface area contributed by atoms with Gasteiger partial charge in [-0.2, -0.15) is 5.26 Å². The molecule has 1 aliphatic heterocycles. The predicted molar refractivity (Wildman–Crippen MR) is 150 cm³/mol. The van der Waals surface area contributed by atoms with Gasteiger partial charge in [-0.15, -0.1) is 0 Å². The van der Waals surface area contributed by atoms with Crippen molar-refractivity contribution in [3.8, 4) is 39.8 Å². The lowest BCUT2D eigenvalue weighted by Gasteiger charge is -2.26. The fourth-order valence-corrected chi connectivity index (χ4v) is 4.87. The third kappa shape index (κ3) is 4.88. The van der Waals surface area contributed by atoms with Crippen LogP contribution < -0.4 is 9.47 Å². The fourth-order valence-electron chi connectivity index (χ4n) is 4.87. The highest BCUT2D eigenvalue weighted by Crippen LogP contribution is 2.45. The molecule has 6 rings (SSSR count). The number of hydrogen-bond acceptors (Lipinski definition) is 5. The summed E-state index contributed by atoms with van der Waals surface area (Å²) >= 11 is 0. The summed E-state index contributed by atoms with van der Waals surface area (Å²) in [6.07, 6.45) is 3.34. The minimum atomic E-state index is -0.472. The van der Waals surface area contributed by atoms with Gasteiger partial charge in [0.05, 0.1) is 29.4 Å². The maximum absolute atomic E-state index is 12.8. The average molecular weight is 509 g/mol. The molecule has 188 valence electrons. The first-order valence-corrected chi connectivity index (χ1v) is 12.8. The number of hydrogen-bond donors (Lipinski definition) is 0. The van der Waals surface area contributed by atoms with Gasteiger partial charge in [-0.3, -0.25) is 9.78 Å². The molecule has 0 radical (unpaired) electrons. The highest BCUT2D eigenvalue weighted by molar-refractivity contribution is 6.03. The first-order chi connectivity index (χ1) is 19.2. The van der Waals surface area contributed by atoms with Crippen LogP contribution in [0.25, 0.3) is 22.3 Å². The third-order valence-corrected chi connectivity index (χ3v) is 6.87. The number of carbonyl (C=O) groups excluding carboxylic acids is 1. The predicted octanol–water partition coefficient (Wildman–Crippen LogP) is 7.42. The van der Waals surface area contributed by atoms with Crippen LogP contribution in [0.1, 0.15) is 39.6 Å². The maximum atomic E-state index is 12.8. The van der Waals surface area contributed by atoms with E-state index in [1.54, 1.807) is 30.6 Å². The summed E-state index contributed by atoms with van der Waals surface area (Å²) in [5.41, 5.74) is 6.80. The molecule has 1 aromatic heterocycles. The van der Waals surface area contributed by atoms with E-state index in [2.05, 4.69) is 35.3 Å². The number of fused-ring (bicyclic) bond motifs is 1. The molecule has 0 unspecified atom stereocenters. The normalized spacial score (nSPS) is 13.1. The van der Waals surface area contributed by atoms with Crippen LogP contribution in [0.2, 0.25) is 0 Å². The Bertz CT molecular complexity index is 1660. The number of carbonyl (C=O) groups is 1. The second kappa shape index (κ2) is 10.6. The fraction of sp³-hybridized carbons (Fsp3) is 0.0882. The van der Waals surface area contributed by atoms with Gasteiger partial charge in [0.2, 0.25) is 0 Å². The smallest absolute Gasteiger partial charge is 0.170 e. The van der Waals surface area contributed by atoms with Crippen molar-refractivity contribution in [1.29, 1.82) is 5.26 Å². The Balaban J connectivity index is 1.47. The summed E-state index contributed by atoms with van der Waals surface area (Å²) in [7, 11) is 0. The summed E-state index contributed by atoms with van der Waals surface area (Å²) in [6, 6.07) is 35.4. The van der Waals surface area contributed by atoms with Gasteiger partial charge >= 0.3 is 0 Å². The Morgan fingerprint density at radius 1 is 0.769 bits per heavy atom. The van der Waals surface area contributed by atoms with Crippen LogP contribution in [-0.2, 0) is 0 Å². The highest BCUT2D eigenvalue weighted by Gasteiger charge is 2.27. The van der Waals surface area contributed by atoms with Crippen molar-refractivity contribution in [2.75, 3.05) is 6.61 Å². The summed E-state index contributed by atoms with van der Waals surface area (Å²) in [4.78, 5) is 17.0. The quantitative estimate of drug-likeness (QED) is 0.239. The van der Waals surface area contributed by atoms with E-state index < -0.39 is 6.10 Å². The molecule has 0 N–H and O–H groups in total. The minimum absolute atomic E-state index is 0.0581. The molecule has 1 atom stereocenters. The maximum Gasteiger partial charge on any atom is 0.170 e. The van der Waals surface area contributed by atoms with Crippen molar-refractivity contribution in [2.24, 2.45) is 0 Å². The molecular formula is C34H24N2O3. The van der Waals surface area contributed by atoms with Crippen molar-refractivity contribution in [3.63, 3.8) is 0 Å².